The minimum atomic E-state index is 0.641. The van der Waals surface area contributed by atoms with Gasteiger partial charge in [0.2, 0.25) is 0 Å². The highest BCUT2D eigenvalue weighted by Crippen LogP contribution is 2.42. The number of benzene rings is 8. The van der Waals surface area contributed by atoms with Crippen LogP contribution in [0.15, 0.2) is 197 Å². The fraction of sp³-hybridized carbons (Fsp3) is 0. The monoisotopic (exact) mass is 729 g/mol. The summed E-state index contributed by atoms with van der Waals surface area (Å²) in [5, 5.41) is 5.45. The van der Waals surface area contributed by atoms with Crippen molar-refractivity contribution in [2.75, 3.05) is 0 Å². The summed E-state index contributed by atoms with van der Waals surface area (Å²) in [7, 11) is 0. The third kappa shape index (κ3) is 4.96. The second-order valence-electron chi connectivity index (χ2n) is 14.5. The number of para-hydroxylation sites is 3. The predicted molar refractivity (Wildman–Crippen MR) is 233 cm³/mol. The summed E-state index contributed by atoms with van der Waals surface area (Å²) in [4.78, 5) is 10.4. The number of rotatable bonds is 5. The van der Waals surface area contributed by atoms with E-state index in [1.807, 2.05) is 48.5 Å². The van der Waals surface area contributed by atoms with Crippen LogP contribution in [0.25, 0.3) is 116 Å². The Labute approximate surface area is 326 Å². The minimum absolute atomic E-state index is 0.641. The van der Waals surface area contributed by atoms with Gasteiger partial charge in [0.15, 0.2) is 11.4 Å². The number of furan rings is 2. The Balaban J connectivity index is 1.02. The average Bonchev–Trinajstić information content (AvgIpc) is 3.96. The molecule has 0 aliphatic heterocycles. The van der Waals surface area contributed by atoms with Gasteiger partial charge in [0, 0.05) is 43.7 Å². The maximum Gasteiger partial charge on any atom is 0.180 e. The highest BCUT2D eigenvalue weighted by atomic mass is 16.3. The Morgan fingerprint density at radius 3 is 1.84 bits per heavy atom. The van der Waals surface area contributed by atoms with Crippen LogP contribution in [-0.2, 0) is 0 Å². The molecule has 0 spiro atoms. The quantitative estimate of drug-likeness (QED) is 0.177. The van der Waals surface area contributed by atoms with Crippen molar-refractivity contribution < 1.29 is 8.83 Å². The SMILES string of the molecule is c1ccc(-c2nc(-c3cccc4oc5ccccc5c34)c3oc4ccc(-c5cccc(-c6ccc7c(c6)c6ccccc6n7-c6ccccc6)c5)cc4c3n2)cc1. The molecule has 0 aliphatic rings. The number of aromatic nitrogens is 3. The molecule has 0 aliphatic carbocycles. The highest BCUT2D eigenvalue weighted by Gasteiger charge is 2.22. The molecule has 0 fully saturated rings. The number of nitrogens with zero attached hydrogens (tertiary/aromatic N) is 3. The van der Waals surface area contributed by atoms with E-state index in [2.05, 4.69) is 144 Å². The van der Waals surface area contributed by atoms with Crippen LogP contribution >= 0.6 is 0 Å². The molecular formula is C52H31N3O2. The molecule has 0 atom stereocenters. The maximum absolute atomic E-state index is 6.70. The van der Waals surface area contributed by atoms with Gasteiger partial charge in [0.25, 0.3) is 0 Å². The van der Waals surface area contributed by atoms with E-state index in [0.29, 0.717) is 11.4 Å². The molecule has 0 unspecified atom stereocenters. The predicted octanol–water partition coefficient (Wildman–Crippen LogP) is 14.0. The van der Waals surface area contributed by atoms with Gasteiger partial charge in [0.1, 0.15) is 28.0 Å². The fourth-order valence-corrected chi connectivity index (χ4v) is 8.58. The molecule has 0 bridgehead atoms. The Hall–Kier alpha value is -7.76. The third-order valence-corrected chi connectivity index (χ3v) is 11.2. The first kappa shape index (κ1) is 31.6. The molecule has 4 aromatic heterocycles. The van der Waals surface area contributed by atoms with Crippen molar-refractivity contribution in [2.45, 2.75) is 0 Å². The van der Waals surface area contributed by atoms with Crippen molar-refractivity contribution in [2.24, 2.45) is 0 Å². The zero-order chi connectivity index (χ0) is 37.5. The largest absolute Gasteiger partial charge is 0.456 e. The molecule has 5 heteroatoms. The van der Waals surface area contributed by atoms with Gasteiger partial charge in [0.05, 0.1) is 11.0 Å². The van der Waals surface area contributed by atoms with Crippen LogP contribution in [0.4, 0.5) is 0 Å². The summed E-state index contributed by atoms with van der Waals surface area (Å²) in [6.45, 7) is 0. The molecular weight excluding hydrogens is 699 g/mol. The van der Waals surface area contributed by atoms with Crippen molar-refractivity contribution in [3.8, 4) is 50.6 Å². The van der Waals surface area contributed by atoms with Crippen molar-refractivity contribution in [1.82, 2.24) is 14.5 Å². The summed E-state index contributed by atoms with van der Waals surface area (Å²) in [5.74, 6) is 0.641. The van der Waals surface area contributed by atoms with E-state index in [1.165, 1.54) is 27.4 Å². The topological polar surface area (TPSA) is 57.0 Å². The lowest BCUT2D eigenvalue weighted by molar-refractivity contribution is 0.667. The lowest BCUT2D eigenvalue weighted by Gasteiger charge is -2.09. The zero-order valence-corrected chi connectivity index (χ0v) is 30.6. The third-order valence-electron chi connectivity index (χ3n) is 11.2. The first-order chi connectivity index (χ1) is 28.2. The summed E-state index contributed by atoms with van der Waals surface area (Å²) in [6, 6.07) is 65.7. The van der Waals surface area contributed by atoms with E-state index in [-0.39, 0.29) is 0 Å². The molecule has 266 valence electrons. The van der Waals surface area contributed by atoms with Gasteiger partial charge < -0.3 is 13.4 Å². The van der Waals surface area contributed by atoms with E-state index >= 15 is 0 Å². The van der Waals surface area contributed by atoms with Crippen LogP contribution in [-0.4, -0.2) is 14.5 Å². The van der Waals surface area contributed by atoms with Crippen LogP contribution < -0.4 is 0 Å². The molecule has 0 saturated carbocycles. The normalized spacial score (nSPS) is 11.9. The molecule has 57 heavy (non-hydrogen) atoms. The van der Waals surface area contributed by atoms with Gasteiger partial charge in [-0.05, 0) is 82.9 Å². The first-order valence-electron chi connectivity index (χ1n) is 19.1. The zero-order valence-electron chi connectivity index (χ0n) is 30.6. The van der Waals surface area contributed by atoms with Crippen molar-refractivity contribution in [3.63, 3.8) is 0 Å². The Bertz CT molecular complexity index is 3520. The van der Waals surface area contributed by atoms with Gasteiger partial charge in [-0.25, -0.2) is 9.97 Å². The fourth-order valence-electron chi connectivity index (χ4n) is 8.58. The maximum atomic E-state index is 6.70. The van der Waals surface area contributed by atoms with Gasteiger partial charge in [-0.2, -0.15) is 0 Å². The van der Waals surface area contributed by atoms with Crippen LogP contribution in [0.3, 0.4) is 0 Å². The van der Waals surface area contributed by atoms with Crippen molar-refractivity contribution in [1.29, 1.82) is 0 Å². The molecule has 0 saturated heterocycles. The van der Waals surface area contributed by atoms with E-state index < -0.39 is 0 Å². The van der Waals surface area contributed by atoms with Crippen molar-refractivity contribution >= 4 is 65.8 Å². The molecule has 5 nitrogen and oxygen atoms in total. The lowest BCUT2D eigenvalue weighted by atomic mass is 9.97. The van der Waals surface area contributed by atoms with Gasteiger partial charge in [-0.1, -0.05) is 127 Å². The van der Waals surface area contributed by atoms with Crippen molar-refractivity contribution in [3.05, 3.63) is 188 Å². The van der Waals surface area contributed by atoms with E-state index in [4.69, 9.17) is 18.8 Å². The van der Waals surface area contributed by atoms with Gasteiger partial charge in [-0.15, -0.1) is 0 Å². The Kier molecular flexibility index (Phi) is 6.86. The highest BCUT2D eigenvalue weighted by molar-refractivity contribution is 6.16. The minimum Gasteiger partial charge on any atom is -0.456 e. The standard InChI is InChI=1S/C52H31N3O2/c1-3-13-32(14-4-1)52-53-49(40-21-12-24-47-48(40)39-20-8-10-23-45(39)56-47)51-50(54-52)42-31-36(26-28-46(42)57-51)34-16-11-15-33(29-34)35-25-27-44-41(30-35)38-19-7-9-22-43(38)55(44)37-17-5-2-6-18-37/h1-31H. The summed E-state index contributed by atoms with van der Waals surface area (Å²) in [6.07, 6.45) is 0. The smallest absolute Gasteiger partial charge is 0.180 e. The number of hydrogen-bond donors (Lipinski definition) is 0. The second-order valence-corrected chi connectivity index (χ2v) is 14.5. The second kappa shape index (κ2) is 12.4. The summed E-state index contributed by atoms with van der Waals surface area (Å²) >= 11 is 0. The molecule has 0 radical (unpaired) electrons. The average molecular weight is 730 g/mol. The molecule has 4 heterocycles. The van der Waals surface area contributed by atoms with Crippen LogP contribution in [0.1, 0.15) is 0 Å². The van der Waals surface area contributed by atoms with Gasteiger partial charge in [-0.3, -0.25) is 0 Å². The molecule has 12 rings (SSSR count). The lowest BCUT2D eigenvalue weighted by Crippen LogP contribution is -1.94. The van der Waals surface area contributed by atoms with Crippen LogP contribution in [0, 0.1) is 0 Å². The molecule has 12 aromatic rings. The summed E-state index contributed by atoms with van der Waals surface area (Å²) in [5.41, 5.74) is 14.5. The van der Waals surface area contributed by atoms with E-state index in [9.17, 15) is 0 Å². The van der Waals surface area contributed by atoms with Crippen LogP contribution in [0.5, 0.6) is 0 Å². The van der Waals surface area contributed by atoms with E-state index in [0.717, 1.165) is 77.6 Å². The molecule has 0 amide bonds. The van der Waals surface area contributed by atoms with Crippen LogP contribution in [0.2, 0.25) is 0 Å². The van der Waals surface area contributed by atoms with E-state index in [1.54, 1.807) is 0 Å². The Morgan fingerprint density at radius 2 is 1.00 bits per heavy atom. The number of fused-ring (bicyclic) bond motifs is 9. The first-order valence-corrected chi connectivity index (χ1v) is 19.1. The Morgan fingerprint density at radius 1 is 0.386 bits per heavy atom. The molecule has 0 N–H and O–H groups in total. The number of hydrogen-bond acceptors (Lipinski definition) is 4. The summed E-state index contributed by atoms with van der Waals surface area (Å²) < 4.78 is 15.3. The molecule has 8 aromatic carbocycles. The van der Waals surface area contributed by atoms with Gasteiger partial charge >= 0.3 is 0 Å².